The molecule has 3 aliphatic rings. The molecule has 2 amide bonds. The molecule has 1 saturated carbocycles. The number of anilines is 1. The lowest BCUT2D eigenvalue weighted by molar-refractivity contribution is 0.0266. The van der Waals surface area contributed by atoms with Crippen LogP contribution in [-0.4, -0.2) is 60.0 Å². The third-order valence-electron chi connectivity index (χ3n) is 7.72. The molecule has 2 aliphatic heterocycles. The predicted molar refractivity (Wildman–Crippen MR) is 146 cm³/mol. The van der Waals surface area contributed by atoms with E-state index in [1.807, 2.05) is 32.9 Å². The molecule has 4 N–H and O–H groups in total. The van der Waals surface area contributed by atoms with Crippen molar-refractivity contribution in [1.29, 1.82) is 5.26 Å². The Morgan fingerprint density at radius 3 is 2.48 bits per heavy atom. The van der Waals surface area contributed by atoms with E-state index in [4.69, 9.17) is 21.1 Å². The molecule has 0 spiro atoms. The number of nitrogens with two attached hydrogens (primary N) is 2. The van der Waals surface area contributed by atoms with E-state index in [1.165, 1.54) is 28.4 Å². The molecule has 10 nitrogen and oxygen atoms in total. The van der Waals surface area contributed by atoms with Crippen LogP contribution in [-0.2, 0) is 14.9 Å². The monoisotopic (exact) mass is 548 g/mol. The Kier molecular flexibility index (Phi) is 6.84. The lowest BCUT2D eigenvalue weighted by atomic mass is 9.90. The van der Waals surface area contributed by atoms with Crippen LogP contribution in [0.1, 0.15) is 26.3 Å². The van der Waals surface area contributed by atoms with Crippen molar-refractivity contribution in [1.82, 2.24) is 9.91 Å². The van der Waals surface area contributed by atoms with Gasteiger partial charge in [0.15, 0.2) is 0 Å². The summed E-state index contributed by atoms with van der Waals surface area (Å²) < 4.78 is 26.1. The lowest BCUT2D eigenvalue weighted by Crippen LogP contribution is -2.38. The first kappa shape index (κ1) is 27.3. The van der Waals surface area contributed by atoms with Crippen LogP contribution < -0.4 is 16.5 Å². The van der Waals surface area contributed by atoms with E-state index in [1.54, 1.807) is 29.2 Å². The predicted octanol–water partition coefficient (Wildman–Crippen LogP) is 3.68. The number of fused-ring (bicyclic) bond motifs is 1. The van der Waals surface area contributed by atoms with Gasteiger partial charge in [-0.15, -0.1) is 0 Å². The fourth-order valence-corrected chi connectivity index (χ4v) is 5.83. The van der Waals surface area contributed by atoms with Crippen molar-refractivity contribution in [3.63, 3.8) is 0 Å². The number of rotatable bonds is 6. The molecule has 0 bridgehead atoms. The number of likely N-dealkylation sites (tertiary alicyclic amines) is 1. The molecule has 3 fully saturated rings. The zero-order chi connectivity index (χ0) is 28.8. The van der Waals surface area contributed by atoms with Gasteiger partial charge < -0.3 is 25.1 Å². The molecule has 2 aromatic carbocycles. The maximum Gasteiger partial charge on any atom is 0.414 e. The number of nitriles is 1. The minimum Gasteiger partial charge on any atom is -0.444 e. The number of benzene rings is 2. The Hall–Kier alpha value is -4.30. The quantitative estimate of drug-likeness (QED) is 0.412. The molecule has 40 heavy (non-hydrogen) atoms. The van der Waals surface area contributed by atoms with Gasteiger partial charge in [-0.2, -0.15) is 5.26 Å². The number of carbonyl (C=O) groups excluding carboxylic acids is 2. The number of hydrogen-bond acceptors (Lipinski definition) is 8. The second-order valence-electron chi connectivity index (χ2n) is 11.5. The molecule has 2 heterocycles. The van der Waals surface area contributed by atoms with Crippen LogP contribution in [0.3, 0.4) is 0 Å². The maximum absolute atomic E-state index is 15.2. The van der Waals surface area contributed by atoms with E-state index >= 15 is 4.39 Å². The van der Waals surface area contributed by atoms with Gasteiger partial charge in [0.05, 0.1) is 30.3 Å². The number of amides is 2. The molecule has 0 aromatic heterocycles. The molecular weight excluding hydrogens is 515 g/mol. The first-order valence-corrected chi connectivity index (χ1v) is 13.1. The summed E-state index contributed by atoms with van der Waals surface area (Å²) in [5.74, 6) is 5.36. The summed E-state index contributed by atoms with van der Waals surface area (Å²) >= 11 is 0. The minimum atomic E-state index is -0.662. The number of carbonyl (C=O) groups is 2. The van der Waals surface area contributed by atoms with Gasteiger partial charge in [0, 0.05) is 42.9 Å². The highest BCUT2D eigenvalue weighted by Crippen LogP contribution is 2.63. The Morgan fingerprint density at radius 2 is 1.90 bits per heavy atom. The summed E-state index contributed by atoms with van der Waals surface area (Å²) in [6.07, 6.45) is 1.32. The highest BCUT2D eigenvalue weighted by molar-refractivity contribution is 5.90. The smallest absolute Gasteiger partial charge is 0.414 e. The molecule has 2 saturated heterocycles. The average molecular weight is 549 g/mol. The van der Waals surface area contributed by atoms with Crippen LogP contribution in [0.25, 0.3) is 11.1 Å². The number of halogens is 1. The van der Waals surface area contributed by atoms with Crippen molar-refractivity contribution in [3.8, 4) is 17.2 Å². The minimum absolute atomic E-state index is 0.0357. The zero-order valence-corrected chi connectivity index (χ0v) is 22.7. The van der Waals surface area contributed by atoms with Crippen LogP contribution in [0.15, 0.2) is 54.9 Å². The maximum atomic E-state index is 15.2. The van der Waals surface area contributed by atoms with Crippen molar-refractivity contribution >= 4 is 17.9 Å². The van der Waals surface area contributed by atoms with Crippen molar-refractivity contribution < 1.29 is 23.5 Å². The molecule has 1 aliphatic carbocycles. The normalized spacial score (nSPS) is 25.5. The van der Waals surface area contributed by atoms with Gasteiger partial charge in [0.1, 0.15) is 17.5 Å². The Balaban J connectivity index is 1.26. The van der Waals surface area contributed by atoms with Crippen molar-refractivity contribution in [3.05, 3.63) is 66.2 Å². The molecular formula is C29H33FN6O4. The van der Waals surface area contributed by atoms with Gasteiger partial charge >= 0.3 is 12.2 Å². The van der Waals surface area contributed by atoms with E-state index < -0.39 is 29.0 Å². The number of piperidine rings is 1. The largest absolute Gasteiger partial charge is 0.444 e. The third kappa shape index (κ3) is 4.91. The second kappa shape index (κ2) is 10.0. The van der Waals surface area contributed by atoms with E-state index in [2.05, 4.69) is 6.07 Å². The Labute approximate surface area is 232 Å². The van der Waals surface area contributed by atoms with E-state index in [0.29, 0.717) is 29.9 Å². The fourth-order valence-electron chi connectivity index (χ4n) is 5.83. The van der Waals surface area contributed by atoms with Crippen LogP contribution >= 0.6 is 0 Å². The zero-order valence-electron chi connectivity index (χ0n) is 22.7. The van der Waals surface area contributed by atoms with Gasteiger partial charge in [-0.3, -0.25) is 4.90 Å². The van der Waals surface area contributed by atoms with Crippen molar-refractivity contribution in [2.75, 3.05) is 31.1 Å². The van der Waals surface area contributed by atoms with Gasteiger partial charge in [-0.25, -0.2) is 19.8 Å². The summed E-state index contributed by atoms with van der Waals surface area (Å²) in [4.78, 5) is 27.9. The first-order valence-electron chi connectivity index (χ1n) is 13.1. The number of ether oxygens (including phenoxy) is 2. The topological polar surface area (TPSA) is 138 Å². The SMILES string of the molecule is CC(C)(C)OC(=O)N1C[C@@H]2[C@H](C1)C2(C#N)c1ccc(-c2ccc(N3C[C@H](CN(N)/C=C\N)OC3=O)cc2F)cc1. The summed E-state index contributed by atoms with van der Waals surface area (Å²) in [6.45, 7) is 6.89. The number of cyclic esters (lactones) is 1. The summed E-state index contributed by atoms with van der Waals surface area (Å²) in [5.41, 5.74) is 6.36. The first-order chi connectivity index (χ1) is 19.0. The molecule has 2 aromatic rings. The molecule has 210 valence electrons. The number of hydrogen-bond donors (Lipinski definition) is 2. The number of hydrazine groups is 1. The lowest BCUT2D eigenvalue weighted by Gasteiger charge is -2.27. The van der Waals surface area contributed by atoms with Gasteiger partial charge in [0.25, 0.3) is 0 Å². The highest BCUT2D eigenvalue weighted by Gasteiger charge is 2.70. The van der Waals surface area contributed by atoms with Gasteiger partial charge in [0.2, 0.25) is 0 Å². The van der Waals surface area contributed by atoms with Gasteiger partial charge in [-0.05, 0) is 50.1 Å². The van der Waals surface area contributed by atoms with E-state index in [9.17, 15) is 14.9 Å². The fraction of sp³-hybridized carbons (Fsp3) is 0.414. The van der Waals surface area contributed by atoms with Gasteiger partial charge in [-0.1, -0.05) is 24.3 Å². The molecule has 4 atom stereocenters. The molecule has 1 unspecified atom stereocenters. The Bertz CT molecular complexity index is 1370. The summed E-state index contributed by atoms with van der Waals surface area (Å²) in [6, 6.07) is 14.4. The summed E-state index contributed by atoms with van der Waals surface area (Å²) in [5, 5.41) is 11.4. The van der Waals surface area contributed by atoms with Crippen LogP contribution in [0.4, 0.5) is 19.7 Å². The van der Waals surface area contributed by atoms with Crippen molar-refractivity contribution in [2.45, 2.75) is 37.9 Å². The number of nitrogens with zero attached hydrogens (tertiary/aromatic N) is 4. The highest BCUT2D eigenvalue weighted by atomic mass is 19.1. The average Bonchev–Trinajstić information content (AvgIpc) is 3.16. The van der Waals surface area contributed by atoms with Crippen LogP contribution in [0, 0.1) is 29.0 Å². The Morgan fingerprint density at radius 1 is 1.23 bits per heavy atom. The molecule has 0 radical (unpaired) electrons. The van der Waals surface area contributed by atoms with Crippen LogP contribution in [0.2, 0.25) is 0 Å². The molecule has 11 heteroatoms. The third-order valence-corrected chi connectivity index (χ3v) is 7.72. The molecule has 5 rings (SSSR count). The summed E-state index contributed by atoms with van der Waals surface area (Å²) in [7, 11) is 0. The van der Waals surface area contributed by atoms with E-state index in [-0.39, 0.29) is 31.0 Å². The second-order valence-corrected chi connectivity index (χ2v) is 11.5. The van der Waals surface area contributed by atoms with Crippen LogP contribution in [0.5, 0.6) is 0 Å². The van der Waals surface area contributed by atoms with E-state index in [0.717, 1.165) is 5.56 Å². The standard InChI is InChI=1S/C29H33FN6O4/c1-28(2,3)40-26(37)34-15-23-24(16-34)29(23,17-32)19-6-4-18(5-7-19)22-9-8-20(12-25(22)30)36-14-21(39-27(36)38)13-35(33)11-10-31/h4-12,21,23-24H,13-16,31,33H2,1-3H3/b11-10-/t21-,23-,24+,29?/m0/s1. The van der Waals surface area contributed by atoms with Crippen molar-refractivity contribution in [2.24, 2.45) is 23.4 Å².